The summed E-state index contributed by atoms with van der Waals surface area (Å²) in [6.07, 6.45) is 0.128. The van der Waals surface area contributed by atoms with Crippen molar-refractivity contribution in [2.45, 2.75) is 12.0 Å². The molecule has 1 aromatic carbocycles. The molecule has 0 bridgehead atoms. The summed E-state index contributed by atoms with van der Waals surface area (Å²) in [4.78, 5) is 10.4. The molecule has 2 nitrogen and oxygen atoms in total. The molecule has 0 heterocycles. The minimum atomic E-state index is -3.34. The molecule has 0 saturated heterocycles. The van der Waals surface area contributed by atoms with Gasteiger partial charge in [0.15, 0.2) is 0 Å². The third-order valence-corrected chi connectivity index (χ3v) is 2.07. The Labute approximate surface area is 85.1 Å². The number of rotatable bonds is 4. The van der Waals surface area contributed by atoms with Crippen molar-refractivity contribution in [3.8, 4) is 0 Å². The molecule has 15 heavy (non-hydrogen) atoms. The Balaban J connectivity index is 3.03. The second-order valence-electron chi connectivity index (χ2n) is 3.03. The first-order valence-electron chi connectivity index (χ1n) is 4.28. The average molecular weight is 217 g/mol. The maximum Gasteiger partial charge on any atom is 0.294 e. The number of alkyl halides is 2. The number of nitrogens with one attached hydrogen (secondary N) is 1. The number of hydrogen-bond acceptors (Lipinski definition) is 2. The lowest BCUT2D eigenvalue weighted by molar-refractivity contribution is -0.120. The second-order valence-corrected chi connectivity index (χ2v) is 3.03. The van der Waals surface area contributed by atoms with E-state index in [9.17, 15) is 18.0 Å². The van der Waals surface area contributed by atoms with Gasteiger partial charge < -0.3 is 10.1 Å². The molecule has 0 spiro atoms. The SMILES string of the molecule is CNC(C=O)C(F)(F)c1ccc(F)cc1. The highest BCUT2D eigenvalue weighted by molar-refractivity contribution is 5.60. The van der Waals surface area contributed by atoms with Crippen LogP contribution >= 0.6 is 0 Å². The van der Waals surface area contributed by atoms with Crippen molar-refractivity contribution in [3.05, 3.63) is 35.6 Å². The minimum Gasteiger partial charge on any atom is -0.305 e. The summed E-state index contributed by atoms with van der Waals surface area (Å²) in [6.45, 7) is 0. The van der Waals surface area contributed by atoms with Crippen molar-refractivity contribution in [2.75, 3.05) is 7.05 Å². The van der Waals surface area contributed by atoms with Crippen molar-refractivity contribution >= 4 is 6.29 Å². The highest BCUT2D eigenvalue weighted by Gasteiger charge is 2.40. The highest BCUT2D eigenvalue weighted by atomic mass is 19.3. The van der Waals surface area contributed by atoms with E-state index in [1.54, 1.807) is 0 Å². The maximum atomic E-state index is 13.5. The van der Waals surface area contributed by atoms with Gasteiger partial charge in [-0.3, -0.25) is 0 Å². The van der Waals surface area contributed by atoms with Gasteiger partial charge in [-0.05, 0) is 19.2 Å². The number of benzene rings is 1. The van der Waals surface area contributed by atoms with Crippen LogP contribution in [0.2, 0.25) is 0 Å². The van der Waals surface area contributed by atoms with Crippen LogP contribution in [0.5, 0.6) is 0 Å². The van der Waals surface area contributed by atoms with Gasteiger partial charge in [-0.1, -0.05) is 12.1 Å². The lowest BCUT2D eigenvalue weighted by Crippen LogP contribution is -2.42. The van der Waals surface area contributed by atoms with E-state index in [0.29, 0.717) is 0 Å². The van der Waals surface area contributed by atoms with Gasteiger partial charge >= 0.3 is 0 Å². The molecule has 1 rings (SSSR count). The van der Waals surface area contributed by atoms with Crippen LogP contribution in [0, 0.1) is 5.82 Å². The Hall–Kier alpha value is -1.36. The van der Waals surface area contributed by atoms with E-state index < -0.39 is 23.3 Å². The summed E-state index contributed by atoms with van der Waals surface area (Å²) >= 11 is 0. The predicted octanol–water partition coefficient (Wildman–Crippen LogP) is 1.70. The third-order valence-electron chi connectivity index (χ3n) is 2.07. The summed E-state index contributed by atoms with van der Waals surface area (Å²) < 4.78 is 39.6. The zero-order chi connectivity index (χ0) is 11.5. The summed E-state index contributed by atoms with van der Waals surface area (Å²) in [7, 11) is 1.26. The molecule has 1 unspecified atom stereocenters. The molecule has 0 radical (unpaired) electrons. The van der Waals surface area contributed by atoms with Crippen molar-refractivity contribution in [1.29, 1.82) is 0 Å². The Morgan fingerprint density at radius 1 is 1.33 bits per heavy atom. The van der Waals surface area contributed by atoms with Gasteiger partial charge in [0.25, 0.3) is 5.92 Å². The van der Waals surface area contributed by atoms with Gasteiger partial charge in [-0.2, -0.15) is 8.78 Å². The Morgan fingerprint density at radius 3 is 2.27 bits per heavy atom. The molecule has 0 amide bonds. The van der Waals surface area contributed by atoms with E-state index in [-0.39, 0.29) is 6.29 Å². The van der Waals surface area contributed by atoms with E-state index in [1.165, 1.54) is 7.05 Å². The van der Waals surface area contributed by atoms with Gasteiger partial charge in [0.05, 0.1) is 0 Å². The van der Waals surface area contributed by atoms with Gasteiger partial charge in [0, 0.05) is 5.56 Å². The van der Waals surface area contributed by atoms with E-state index in [4.69, 9.17) is 0 Å². The zero-order valence-corrected chi connectivity index (χ0v) is 8.01. The van der Waals surface area contributed by atoms with Gasteiger partial charge in [-0.15, -0.1) is 0 Å². The zero-order valence-electron chi connectivity index (χ0n) is 8.01. The highest BCUT2D eigenvalue weighted by Crippen LogP contribution is 2.30. The predicted molar refractivity (Wildman–Crippen MR) is 49.2 cm³/mol. The smallest absolute Gasteiger partial charge is 0.294 e. The first-order chi connectivity index (χ1) is 7.02. The summed E-state index contributed by atoms with van der Waals surface area (Å²) in [6, 6.07) is 2.18. The Bertz CT molecular complexity index is 337. The molecule has 0 saturated carbocycles. The average Bonchev–Trinajstić information content (AvgIpc) is 2.19. The van der Waals surface area contributed by atoms with E-state index in [1.807, 2.05) is 0 Å². The summed E-state index contributed by atoms with van der Waals surface area (Å²) in [5, 5.41) is 2.19. The molecule has 0 fully saturated rings. The van der Waals surface area contributed by atoms with Crippen molar-refractivity contribution < 1.29 is 18.0 Å². The molecular weight excluding hydrogens is 207 g/mol. The topological polar surface area (TPSA) is 29.1 Å². The van der Waals surface area contributed by atoms with Crippen LogP contribution in [0.4, 0.5) is 13.2 Å². The minimum absolute atomic E-state index is 0.128. The van der Waals surface area contributed by atoms with Gasteiger partial charge in [0.1, 0.15) is 18.1 Å². The standard InChI is InChI=1S/C10H10F3NO/c1-14-9(6-15)10(12,13)7-2-4-8(11)5-3-7/h2-6,9,14H,1H3. The van der Waals surface area contributed by atoms with Gasteiger partial charge in [-0.25, -0.2) is 4.39 Å². The number of likely N-dealkylation sites (N-methyl/N-ethyl adjacent to an activating group) is 1. The van der Waals surface area contributed by atoms with Crippen LogP contribution in [0.1, 0.15) is 5.56 Å². The second kappa shape index (κ2) is 4.44. The maximum absolute atomic E-state index is 13.5. The number of hydrogen-bond donors (Lipinski definition) is 1. The lowest BCUT2D eigenvalue weighted by Gasteiger charge is -2.22. The van der Waals surface area contributed by atoms with Crippen LogP contribution in [0.3, 0.4) is 0 Å². The van der Waals surface area contributed by atoms with E-state index in [0.717, 1.165) is 24.3 Å². The first kappa shape index (κ1) is 11.7. The van der Waals surface area contributed by atoms with Crippen molar-refractivity contribution in [1.82, 2.24) is 5.32 Å². The quantitative estimate of drug-likeness (QED) is 0.778. The molecule has 0 aromatic heterocycles. The van der Waals surface area contributed by atoms with Gasteiger partial charge in [0.2, 0.25) is 0 Å². The molecule has 1 N–H and O–H groups in total. The number of aldehydes is 1. The van der Waals surface area contributed by atoms with Crippen molar-refractivity contribution in [2.24, 2.45) is 0 Å². The first-order valence-corrected chi connectivity index (χ1v) is 4.28. The molecule has 1 atom stereocenters. The summed E-state index contributed by atoms with van der Waals surface area (Å²) in [5.41, 5.74) is -0.393. The number of carbonyl (C=O) groups is 1. The van der Waals surface area contributed by atoms with Crippen LogP contribution in [0.25, 0.3) is 0 Å². The van der Waals surface area contributed by atoms with Crippen LogP contribution in [-0.4, -0.2) is 19.4 Å². The van der Waals surface area contributed by atoms with E-state index >= 15 is 0 Å². The third kappa shape index (κ3) is 2.36. The molecular formula is C10H10F3NO. The number of carbonyl (C=O) groups excluding carboxylic acids is 1. The lowest BCUT2D eigenvalue weighted by atomic mass is 10.0. The molecule has 0 aliphatic heterocycles. The van der Waals surface area contributed by atoms with Crippen molar-refractivity contribution in [3.63, 3.8) is 0 Å². The van der Waals surface area contributed by atoms with E-state index in [2.05, 4.69) is 5.32 Å². The summed E-state index contributed by atoms with van der Waals surface area (Å²) in [5.74, 6) is -3.94. The molecule has 0 aliphatic carbocycles. The Morgan fingerprint density at radius 2 is 1.87 bits per heavy atom. The Kier molecular flexibility index (Phi) is 3.47. The molecule has 82 valence electrons. The normalized spacial score (nSPS) is 13.6. The fourth-order valence-corrected chi connectivity index (χ4v) is 1.19. The largest absolute Gasteiger partial charge is 0.305 e. The van der Waals surface area contributed by atoms with Crippen LogP contribution in [-0.2, 0) is 10.7 Å². The fourth-order valence-electron chi connectivity index (χ4n) is 1.19. The number of halogens is 3. The van der Waals surface area contributed by atoms with Crippen LogP contribution in [0.15, 0.2) is 24.3 Å². The molecule has 1 aromatic rings. The van der Waals surface area contributed by atoms with Crippen LogP contribution < -0.4 is 5.32 Å². The molecule has 5 heteroatoms. The fraction of sp³-hybridized carbons (Fsp3) is 0.300. The monoisotopic (exact) mass is 217 g/mol. The molecule has 0 aliphatic rings.